The second-order valence-corrected chi connectivity index (χ2v) is 6.28. The number of aliphatic hydroxyl groups excluding tert-OH is 1. The fourth-order valence-corrected chi connectivity index (χ4v) is 2.85. The first kappa shape index (κ1) is 10.9. The number of hydrogen-bond acceptors (Lipinski definition) is 3. The zero-order valence-corrected chi connectivity index (χ0v) is 8.92. The molecule has 0 saturated carbocycles. The van der Waals surface area contributed by atoms with Crippen molar-refractivity contribution in [2.75, 3.05) is 19.7 Å². The van der Waals surface area contributed by atoms with Gasteiger partial charge >= 0.3 is 0 Å². The van der Waals surface area contributed by atoms with Crippen LogP contribution in [-0.4, -0.2) is 42.8 Å². The van der Waals surface area contributed by atoms with Crippen molar-refractivity contribution in [3.8, 4) is 0 Å². The number of sulfonamides is 1. The van der Waals surface area contributed by atoms with Gasteiger partial charge in [-0.25, -0.2) is 12.7 Å². The van der Waals surface area contributed by atoms with Gasteiger partial charge in [-0.2, -0.15) is 0 Å². The van der Waals surface area contributed by atoms with Crippen LogP contribution in [0, 0.1) is 5.92 Å². The Kier molecular flexibility index (Phi) is 3.32. The van der Waals surface area contributed by atoms with Crippen molar-refractivity contribution in [3.05, 3.63) is 0 Å². The van der Waals surface area contributed by atoms with Gasteiger partial charge in [0.25, 0.3) is 0 Å². The summed E-state index contributed by atoms with van der Waals surface area (Å²) < 4.78 is 24.8. The molecule has 1 aliphatic heterocycles. The van der Waals surface area contributed by atoms with E-state index in [1.165, 1.54) is 4.31 Å². The minimum absolute atomic E-state index is 0.0874. The lowest BCUT2D eigenvalue weighted by molar-refractivity contribution is 0.233. The predicted octanol–water partition coefficient (Wildman–Crippen LogP) is 0.0388. The molecule has 0 aliphatic carbocycles. The third-order valence-electron chi connectivity index (χ3n) is 2.46. The van der Waals surface area contributed by atoms with Gasteiger partial charge in [0.1, 0.15) is 0 Å². The van der Waals surface area contributed by atoms with Crippen LogP contribution in [0.15, 0.2) is 0 Å². The van der Waals surface area contributed by atoms with Crippen LogP contribution in [0.1, 0.15) is 20.3 Å². The Hall–Kier alpha value is -0.130. The molecule has 0 amide bonds. The van der Waals surface area contributed by atoms with Crippen LogP contribution >= 0.6 is 0 Å². The van der Waals surface area contributed by atoms with Gasteiger partial charge in [0.2, 0.25) is 10.0 Å². The molecule has 4 nitrogen and oxygen atoms in total. The van der Waals surface area contributed by atoms with E-state index >= 15 is 0 Å². The van der Waals surface area contributed by atoms with E-state index in [2.05, 4.69) is 0 Å². The molecule has 1 N–H and O–H groups in total. The van der Waals surface area contributed by atoms with Crippen molar-refractivity contribution in [1.29, 1.82) is 0 Å². The molecule has 78 valence electrons. The van der Waals surface area contributed by atoms with E-state index in [9.17, 15) is 8.42 Å². The highest BCUT2D eigenvalue weighted by Gasteiger charge is 2.32. The van der Waals surface area contributed by atoms with Gasteiger partial charge < -0.3 is 5.11 Å². The first-order valence-electron chi connectivity index (χ1n) is 4.58. The van der Waals surface area contributed by atoms with Gasteiger partial charge in [0.15, 0.2) is 0 Å². The van der Waals surface area contributed by atoms with Crippen molar-refractivity contribution in [2.24, 2.45) is 5.92 Å². The molecule has 0 unspecified atom stereocenters. The van der Waals surface area contributed by atoms with Crippen molar-refractivity contribution >= 4 is 10.0 Å². The van der Waals surface area contributed by atoms with E-state index in [0.717, 1.165) is 6.42 Å². The Labute approximate surface area is 79.6 Å². The predicted molar refractivity (Wildman–Crippen MR) is 50.8 cm³/mol. The smallest absolute Gasteiger partial charge is 0.216 e. The summed E-state index contributed by atoms with van der Waals surface area (Å²) in [7, 11) is -3.10. The minimum Gasteiger partial charge on any atom is -0.396 e. The van der Waals surface area contributed by atoms with E-state index in [-0.39, 0.29) is 17.8 Å². The fourth-order valence-electron chi connectivity index (χ4n) is 1.48. The zero-order chi connectivity index (χ0) is 10.1. The molecule has 0 aromatic carbocycles. The second kappa shape index (κ2) is 3.94. The van der Waals surface area contributed by atoms with Crippen LogP contribution < -0.4 is 0 Å². The van der Waals surface area contributed by atoms with Crippen LogP contribution in [0.3, 0.4) is 0 Å². The molecule has 0 aromatic rings. The molecule has 1 rings (SSSR count). The molecular weight excluding hydrogens is 190 g/mol. The maximum absolute atomic E-state index is 11.6. The maximum Gasteiger partial charge on any atom is 0.216 e. The number of nitrogens with zero attached hydrogens (tertiary/aromatic N) is 1. The Morgan fingerprint density at radius 1 is 1.54 bits per heavy atom. The van der Waals surface area contributed by atoms with E-state index in [1.54, 1.807) is 13.8 Å². The second-order valence-electron chi connectivity index (χ2n) is 3.79. The molecule has 5 heteroatoms. The quantitative estimate of drug-likeness (QED) is 0.711. The normalized spacial score (nSPS) is 25.7. The van der Waals surface area contributed by atoms with Crippen molar-refractivity contribution in [1.82, 2.24) is 4.31 Å². The molecule has 0 radical (unpaired) electrons. The lowest BCUT2D eigenvalue weighted by Crippen LogP contribution is -2.34. The first-order chi connectivity index (χ1) is 5.98. The van der Waals surface area contributed by atoms with Gasteiger partial charge in [0.05, 0.1) is 5.25 Å². The summed E-state index contributed by atoms with van der Waals surface area (Å²) in [5.74, 6) is 0.133. The van der Waals surface area contributed by atoms with Gasteiger partial charge in [0, 0.05) is 19.7 Å². The molecule has 13 heavy (non-hydrogen) atoms. The average molecular weight is 207 g/mol. The summed E-state index contributed by atoms with van der Waals surface area (Å²) in [6.07, 6.45) is 0.780. The topological polar surface area (TPSA) is 57.6 Å². The first-order valence-corrected chi connectivity index (χ1v) is 6.08. The Morgan fingerprint density at radius 3 is 2.54 bits per heavy atom. The average Bonchev–Trinajstić information content (AvgIpc) is 2.51. The van der Waals surface area contributed by atoms with Crippen LogP contribution in [0.25, 0.3) is 0 Å². The Bertz CT molecular complexity index is 261. The van der Waals surface area contributed by atoms with Gasteiger partial charge in [-0.05, 0) is 26.2 Å². The van der Waals surface area contributed by atoms with Crippen molar-refractivity contribution < 1.29 is 13.5 Å². The lowest BCUT2D eigenvalue weighted by Gasteiger charge is -2.18. The maximum atomic E-state index is 11.6. The summed E-state index contributed by atoms with van der Waals surface area (Å²) >= 11 is 0. The number of rotatable bonds is 3. The minimum atomic E-state index is -3.10. The van der Waals surface area contributed by atoms with Gasteiger partial charge in [-0.15, -0.1) is 0 Å². The van der Waals surface area contributed by atoms with Crippen LogP contribution in [-0.2, 0) is 10.0 Å². The standard InChI is InChI=1S/C8H17NO3S/c1-7(2)13(11,12)9-4-3-8(5-9)6-10/h7-8,10H,3-6H2,1-2H3/t8-/m1/s1. The highest BCUT2D eigenvalue weighted by molar-refractivity contribution is 7.89. The van der Waals surface area contributed by atoms with E-state index in [0.29, 0.717) is 13.1 Å². The molecular formula is C8H17NO3S. The van der Waals surface area contributed by atoms with Crippen LogP contribution in [0.2, 0.25) is 0 Å². The third kappa shape index (κ3) is 2.21. The molecule has 1 heterocycles. The van der Waals surface area contributed by atoms with E-state index in [4.69, 9.17) is 5.11 Å². The summed E-state index contributed by atoms with van der Waals surface area (Å²) in [4.78, 5) is 0. The zero-order valence-electron chi connectivity index (χ0n) is 8.10. The number of aliphatic hydroxyl groups is 1. The highest BCUT2D eigenvalue weighted by Crippen LogP contribution is 2.20. The van der Waals surface area contributed by atoms with Crippen molar-refractivity contribution in [2.45, 2.75) is 25.5 Å². The molecule has 0 bridgehead atoms. The Morgan fingerprint density at radius 2 is 2.15 bits per heavy atom. The van der Waals surface area contributed by atoms with Crippen LogP contribution in [0.4, 0.5) is 0 Å². The molecule has 1 aliphatic rings. The third-order valence-corrected chi connectivity index (χ3v) is 4.71. The van der Waals surface area contributed by atoms with Crippen molar-refractivity contribution in [3.63, 3.8) is 0 Å². The molecule has 1 fully saturated rings. The molecule has 1 saturated heterocycles. The summed E-state index contributed by atoms with van der Waals surface area (Å²) in [6, 6.07) is 0. The summed E-state index contributed by atoms with van der Waals surface area (Å²) in [5, 5.41) is 8.51. The summed E-state index contributed by atoms with van der Waals surface area (Å²) in [5.41, 5.74) is 0. The largest absolute Gasteiger partial charge is 0.396 e. The SMILES string of the molecule is CC(C)S(=O)(=O)N1CC[C@@H](CO)C1. The lowest BCUT2D eigenvalue weighted by atomic mass is 10.1. The highest BCUT2D eigenvalue weighted by atomic mass is 32.2. The number of hydrogen-bond donors (Lipinski definition) is 1. The van der Waals surface area contributed by atoms with Crippen LogP contribution in [0.5, 0.6) is 0 Å². The monoisotopic (exact) mass is 207 g/mol. The van der Waals surface area contributed by atoms with E-state index < -0.39 is 10.0 Å². The van der Waals surface area contributed by atoms with Gasteiger partial charge in [-0.1, -0.05) is 0 Å². The summed E-state index contributed by atoms with van der Waals surface area (Å²) in [6.45, 7) is 4.50. The molecule has 1 atom stereocenters. The van der Waals surface area contributed by atoms with E-state index in [1.807, 2.05) is 0 Å². The molecule has 0 aromatic heterocycles. The fraction of sp³-hybridized carbons (Fsp3) is 1.00. The molecule has 0 spiro atoms. The Balaban J connectivity index is 2.66. The van der Waals surface area contributed by atoms with Gasteiger partial charge in [-0.3, -0.25) is 0 Å².